The highest BCUT2D eigenvalue weighted by Crippen LogP contribution is 2.30. The fraction of sp³-hybridized carbons (Fsp3) is 0.185. The molecule has 3 aromatic carbocycles. The molecule has 4 rings (SSSR count). The number of nitrogens with zero attached hydrogens (tertiary/aromatic N) is 2. The molecule has 1 N–H and O–H groups in total. The van der Waals surface area contributed by atoms with Gasteiger partial charge in [0, 0.05) is 18.3 Å². The van der Waals surface area contributed by atoms with Crippen LogP contribution in [0.15, 0.2) is 72.8 Å². The van der Waals surface area contributed by atoms with Crippen molar-refractivity contribution in [2.45, 2.75) is 19.0 Å². The number of methoxy groups -OCH3 is 2. The second kappa shape index (κ2) is 10.9. The number of esters is 1. The number of imide groups is 1. The van der Waals surface area contributed by atoms with Crippen molar-refractivity contribution < 1.29 is 33.0 Å². The Kier molecular flexibility index (Phi) is 7.47. The van der Waals surface area contributed by atoms with Crippen LogP contribution in [0.4, 0.5) is 20.6 Å². The third kappa shape index (κ3) is 5.58. The average molecular weight is 506 g/mol. The first-order chi connectivity index (χ1) is 17.8. The second-order valence-corrected chi connectivity index (χ2v) is 8.25. The summed E-state index contributed by atoms with van der Waals surface area (Å²) in [6.07, 6.45) is -0.314. The van der Waals surface area contributed by atoms with Crippen LogP contribution in [0.2, 0.25) is 0 Å². The lowest BCUT2D eigenvalue weighted by atomic mass is 10.1. The number of rotatable bonds is 8. The molecular weight excluding hydrogens is 481 g/mol. The summed E-state index contributed by atoms with van der Waals surface area (Å²) < 4.78 is 23.3. The van der Waals surface area contributed by atoms with Crippen molar-refractivity contribution in [2.24, 2.45) is 0 Å². The summed E-state index contributed by atoms with van der Waals surface area (Å²) in [6, 6.07) is 16.4. The molecule has 10 heteroatoms. The van der Waals surface area contributed by atoms with Crippen molar-refractivity contribution in [1.29, 1.82) is 0 Å². The lowest BCUT2D eigenvalue weighted by Gasteiger charge is -2.21. The zero-order valence-corrected chi connectivity index (χ0v) is 20.1. The fourth-order valence-corrected chi connectivity index (χ4v) is 3.98. The van der Waals surface area contributed by atoms with Crippen LogP contribution in [0.25, 0.3) is 0 Å². The van der Waals surface area contributed by atoms with Gasteiger partial charge in [0.1, 0.15) is 17.6 Å². The summed E-state index contributed by atoms with van der Waals surface area (Å²) in [5.74, 6) is -1.56. The Labute approximate surface area is 212 Å². The highest BCUT2D eigenvalue weighted by molar-refractivity contribution is 6.22. The molecule has 1 aliphatic heterocycles. The molecule has 1 atom stereocenters. The molecule has 1 aliphatic rings. The molecule has 0 aromatic heterocycles. The number of carbonyl (C=O) groups excluding carboxylic acids is 4. The Morgan fingerprint density at radius 3 is 2.32 bits per heavy atom. The molecule has 1 fully saturated rings. The molecule has 0 radical (unpaired) electrons. The SMILES string of the molecule is COC(=O)c1ccc(NC(=O)CC2C(=O)N(c3cccc(OC)c3)C(=O)N2Cc2ccc(F)cc2)cc1. The Bertz CT molecular complexity index is 1330. The number of urea groups is 1. The minimum atomic E-state index is -1.10. The van der Waals surface area contributed by atoms with Gasteiger partial charge in [-0.3, -0.25) is 9.59 Å². The molecule has 0 bridgehead atoms. The van der Waals surface area contributed by atoms with E-state index in [1.54, 1.807) is 24.3 Å². The fourth-order valence-electron chi connectivity index (χ4n) is 3.98. The van der Waals surface area contributed by atoms with E-state index >= 15 is 0 Å². The summed E-state index contributed by atoms with van der Waals surface area (Å²) in [5, 5.41) is 2.68. The summed E-state index contributed by atoms with van der Waals surface area (Å²) >= 11 is 0. The van der Waals surface area contributed by atoms with Gasteiger partial charge in [-0.15, -0.1) is 0 Å². The van der Waals surface area contributed by atoms with Crippen LogP contribution in [0.5, 0.6) is 5.75 Å². The summed E-state index contributed by atoms with van der Waals surface area (Å²) in [4.78, 5) is 53.7. The van der Waals surface area contributed by atoms with Crippen LogP contribution in [0.1, 0.15) is 22.3 Å². The van der Waals surface area contributed by atoms with Gasteiger partial charge in [-0.2, -0.15) is 0 Å². The standard InChI is InChI=1S/C27H24FN3O6/c1-36-22-5-3-4-21(14-22)31-25(33)23(30(27(31)35)16-17-6-10-19(28)11-7-17)15-24(32)29-20-12-8-18(9-13-20)26(34)37-2/h3-14,23H,15-16H2,1-2H3,(H,29,32). The predicted octanol–water partition coefficient (Wildman–Crippen LogP) is 3.99. The van der Waals surface area contributed by atoms with Crippen molar-refractivity contribution in [3.8, 4) is 5.75 Å². The normalized spacial score (nSPS) is 15.1. The predicted molar refractivity (Wildman–Crippen MR) is 133 cm³/mol. The van der Waals surface area contributed by atoms with Crippen LogP contribution in [0, 0.1) is 5.82 Å². The topological polar surface area (TPSA) is 105 Å². The van der Waals surface area contributed by atoms with Gasteiger partial charge < -0.3 is 19.7 Å². The monoisotopic (exact) mass is 505 g/mol. The van der Waals surface area contributed by atoms with Gasteiger partial charge in [0.25, 0.3) is 5.91 Å². The molecule has 1 unspecified atom stereocenters. The zero-order chi connectivity index (χ0) is 26.5. The van der Waals surface area contributed by atoms with Crippen LogP contribution >= 0.6 is 0 Å². The van der Waals surface area contributed by atoms with E-state index in [1.165, 1.54) is 67.7 Å². The third-order valence-corrected chi connectivity index (χ3v) is 5.86. The Balaban J connectivity index is 1.57. The van der Waals surface area contributed by atoms with E-state index in [2.05, 4.69) is 10.1 Å². The lowest BCUT2D eigenvalue weighted by Crippen LogP contribution is -2.37. The van der Waals surface area contributed by atoms with Gasteiger partial charge in [0.15, 0.2) is 0 Å². The van der Waals surface area contributed by atoms with Crippen LogP contribution in [0.3, 0.4) is 0 Å². The van der Waals surface area contributed by atoms with E-state index in [0.29, 0.717) is 28.3 Å². The average Bonchev–Trinajstić information content (AvgIpc) is 3.13. The highest BCUT2D eigenvalue weighted by atomic mass is 19.1. The maximum atomic E-state index is 13.4. The summed E-state index contributed by atoms with van der Waals surface area (Å²) in [7, 11) is 2.74. The number of hydrogen-bond donors (Lipinski definition) is 1. The first-order valence-electron chi connectivity index (χ1n) is 11.3. The van der Waals surface area contributed by atoms with Gasteiger partial charge in [-0.1, -0.05) is 18.2 Å². The number of hydrogen-bond acceptors (Lipinski definition) is 6. The smallest absolute Gasteiger partial charge is 0.337 e. The molecule has 0 saturated carbocycles. The van der Waals surface area contributed by atoms with Crippen LogP contribution in [-0.4, -0.2) is 49.0 Å². The van der Waals surface area contributed by atoms with E-state index in [4.69, 9.17) is 4.74 Å². The number of nitrogens with one attached hydrogen (secondary N) is 1. The molecule has 1 heterocycles. The number of anilines is 2. The van der Waals surface area contributed by atoms with E-state index in [-0.39, 0.29) is 13.0 Å². The first-order valence-corrected chi connectivity index (χ1v) is 11.3. The Morgan fingerprint density at radius 1 is 0.973 bits per heavy atom. The maximum absolute atomic E-state index is 13.4. The number of carbonyl (C=O) groups is 4. The summed E-state index contributed by atoms with van der Waals surface area (Å²) in [5.41, 5.74) is 1.62. The van der Waals surface area contributed by atoms with Gasteiger partial charge in [0.2, 0.25) is 5.91 Å². The molecule has 190 valence electrons. The van der Waals surface area contributed by atoms with Crippen LogP contribution < -0.4 is 15.0 Å². The molecule has 0 spiro atoms. The molecule has 37 heavy (non-hydrogen) atoms. The number of ether oxygens (including phenoxy) is 2. The van der Waals surface area contributed by atoms with Gasteiger partial charge in [-0.05, 0) is 54.1 Å². The van der Waals surface area contributed by atoms with Crippen molar-refractivity contribution in [3.63, 3.8) is 0 Å². The minimum Gasteiger partial charge on any atom is -0.497 e. The van der Waals surface area contributed by atoms with Crippen molar-refractivity contribution in [2.75, 3.05) is 24.4 Å². The molecule has 3 aromatic rings. The second-order valence-electron chi connectivity index (χ2n) is 8.25. The lowest BCUT2D eigenvalue weighted by molar-refractivity contribution is -0.124. The highest BCUT2D eigenvalue weighted by Gasteiger charge is 2.46. The number of benzene rings is 3. The Hall–Kier alpha value is -4.73. The molecule has 4 amide bonds. The third-order valence-electron chi connectivity index (χ3n) is 5.86. The zero-order valence-electron chi connectivity index (χ0n) is 20.1. The van der Waals surface area contributed by atoms with Crippen molar-refractivity contribution in [1.82, 2.24) is 4.90 Å². The van der Waals surface area contributed by atoms with E-state index < -0.39 is 35.7 Å². The van der Waals surface area contributed by atoms with Crippen LogP contribution in [-0.2, 0) is 20.9 Å². The maximum Gasteiger partial charge on any atom is 0.337 e. The van der Waals surface area contributed by atoms with Gasteiger partial charge in [0.05, 0.1) is 31.9 Å². The van der Waals surface area contributed by atoms with E-state index in [1.807, 2.05) is 0 Å². The van der Waals surface area contributed by atoms with Gasteiger partial charge >= 0.3 is 12.0 Å². The quantitative estimate of drug-likeness (QED) is 0.367. The minimum absolute atomic E-state index is 0.00288. The Morgan fingerprint density at radius 2 is 1.68 bits per heavy atom. The molecule has 1 saturated heterocycles. The van der Waals surface area contributed by atoms with Crippen molar-refractivity contribution in [3.05, 3.63) is 89.7 Å². The number of amides is 4. The molecule has 0 aliphatic carbocycles. The van der Waals surface area contributed by atoms with Gasteiger partial charge in [-0.25, -0.2) is 18.9 Å². The van der Waals surface area contributed by atoms with Crippen molar-refractivity contribution >= 4 is 35.2 Å². The first kappa shape index (κ1) is 25.4. The number of halogens is 1. The molecule has 9 nitrogen and oxygen atoms in total. The van der Waals surface area contributed by atoms with E-state index in [0.717, 1.165) is 4.90 Å². The van der Waals surface area contributed by atoms with E-state index in [9.17, 15) is 23.6 Å². The largest absolute Gasteiger partial charge is 0.497 e. The summed E-state index contributed by atoms with van der Waals surface area (Å²) in [6.45, 7) is -0.00288. The molecular formula is C27H24FN3O6.